The molecule has 0 saturated carbocycles. The van der Waals surface area contributed by atoms with E-state index in [1.54, 1.807) is 18.2 Å². The van der Waals surface area contributed by atoms with E-state index in [0.717, 1.165) is 37.2 Å². The molecule has 1 aliphatic rings. The van der Waals surface area contributed by atoms with Gasteiger partial charge in [-0.05, 0) is 42.9 Å². The SMILES string of the molecule is Cc1c(CS(C)(=O)=O)cccc1NC(=O)CCC1CCOC1. The number of carbonyl (C=O) groups is 1. The average Bonchev–Trinajstić information content (AvgIpc) is 2.93. The van der Waals surface area contributed by atoms with Gasteiger partial charge in [-0.2, -0.15) is 0 Å². The zero-order valence-corrected chi connectivity index (χ0v) is 13.9. The molecule has 1 unspecified atom stereocenters. The second-order valence-corrected chi connectivity index (χ2v) is 8.12. The number of hydrogen-bond acceptors (Lipinski definition) is 4. The van der Waals surface area contributed by atoms with Crippen molar-refractivity contribution in [3.63, 3.8) is 0 Å². The molecule has 1 aromatic rings. The van der Waals surface area contributed by atoms with Gasteiger partial charge >= 0.3 is 0 Å². The maximum absolute atomic E-state index is 12.0. The quantitative estimate of drug-likeness (QED) is 0.871. The third-order valence-corrected chi connectivity index (χ3v) is 4.78. The van der Waals surface area contributed by atoms with Crippen molar-refractivity contribution in [2.45, 2.75) is 31.9 Å². The molecule has 1 amide bonds. The molecule has 1 saturated heterocycles. The molecule has 1 N–H and O–H groups in total. The van der Waals surface area contributed by atoms with Gasteiger partial charge in [-0.1, -0.05) is 12.1 Å². The molecule has 22 heavy (non-hydrogen) atoms. The Morgan fingerprint density at radius 3 is 2.82 bits per heavy atom. The van der Waals surface area contributed by atoms with Gasteiger partial charge in [-0.25, -0.2) is 8.42 Å². The van der Waals surface area contributed by atoms with E-state index in [-0.39, 0.29) is 11.7 Å². The molecule has 6 heteroatoms. The number of hydrogen-bond donors (Lipinski definition) is 1. The summed E-state index contributed by atoms with van der Waals surface area (Å²) in [6.45, 7) is 3.37. The monoisotopic (exact) mass is 325 g/mol. The predicted molar refractivity (Wildman–Crippen MR) is 86.5 cm³/mol. The number of ether oxygens (including phenoxy) is 1. The zero-order chi connectivity index (χ0) is 16.2. The molecule has 1 atom stereocenters. The first-order chi connectivity index (χ1) is 10.3. The predicted octanol–water partition coefficient (Wildman–Crippen LogP) is 2.29. The van der Waals surface area contributed by atoms with Crippen molar-refractivity contribution < 1.29 is 17.9 Å². The lowest BCUT2D eigenvalue weighted by Gasteiger charge is -2.13. The molecule has 1 aliphatic heterocycles. The summed E-state index contributed by atoms with van der Waals surface area (Å²) in [7, 11) is -3.09. The van der Waals surface area contributed by atoms with Crippen LogP contribution in [-0.4, -0.2) is 33.8 Å². The van der Waals surface area contributed by atoms with Gasteiger partial charge in [0.1, 0.15) is 0 Å². The number of nitrogens with one attached hydrogen (secondary N) is 1. The van der Waals surface area contributed by atoms with Crippen molar-refractivity contribution in [3.05, 3.63) is 29.3 Å². The van der Waals surface area contributed by atoms with E-state index in [1.165, 1.54) is 6.26 Å². The normalized spacial score (nSPS) is 18.4. The van der Waals surface area contributed by atoms with Crippen LogP contribution in [0.3, 0.4) is 0 Å². The van der Waals surface area contributed by atoms with Crippen LogP contribution < -0.4 is 5.32 Å². The Balaban J connectivity index is 1.96. The summed E-state index contributed by atoms with van der Waals surface area (Å²) in [5, 5.41) is 2.89. The van der Waals surface area contributed by atoms with Crippen LogP contribution in [0.15, 0.2) is 18.2 Å². The number of rotatable bonds is 6. The van der Waals surface area contributed by atoms with Gasteiger partial charge in [0.2, 0.25) is 5.91 Å². The summed E-state index contributed by atoms with van der Waals surface area (Å²) in [5.74, 6) is 0.428. The second-order valence-electron chi connectivity index (χ2n) is 5.98. The molecule has 1 heterocycles. The van der Waals surface area contributed by atoms with E-state index >= 15 is 0 Å². The van der Waals surface area contributed by atoms with Gasteiger partial charge in [0, 0.05) is 31.6 Å². The van der Waals surface area contributed by atoms with Crippen LogP contribution in [0.5, 0.6) is 0 Å². The molecule has 5 nitrogen and oxygen atoms in total. The van der Waals surface area contributed by atoms with Crippen LogP contribution in [-0.2, 0) is 25.1 Å². The van der Waals surface area contributed by atoms with Gasteiger partial charge in [0.25, 0.3) is 0 Å². The first kappa shape index (κ1) is 17.0. The minimum atomic E-state index is -3.09. The van der Waals surface area contributed by atoms with Crippen molar-refractivity contribution in [2.24, 2.45) is 5.92 Å². The van der Waals surface area contributed by atoms with Gasteiger partial charge < -0.3 is 10.1 Å². The Hall–Kier alpha value is -1.40. The van der Waals surface area contributed by atoms with E-state index in [0.29, 0.717) is 18.0 Å². The zero-order valence-electron chi connectivity index (χ0n) is 13.1. The Labute approximate surface area is 132 Å². The van der Waals surface area contributed by atoms with Crippen LogP contribution in [0.25, 0.3) is 0 Å². The largest absolute Gasteiger partial charge is 0.381 e. The molecular formula is C16H23NO4S. The maximum Gasteiger partial charge on any atom is 0.224 e. The van der Waals surface area contributed by atoms with Crippen molar-refractivity contribution in [1.29, 1.82) is 0 Å². The minimum absolute atomic E-state index is 0.0119. The Kier molecular flexibility index (Phi) is 5.58. The van der Waals surface area contributed by atoms with E-state index < -0.39 is 9.84 Å². The second kappa shape index (κ2) is 7.24. The van der Waals surface area contributed by atoms with E-state index in [4.69, 9.17) is 4.74 Å². The van der Waals surface area contributed by atoms with Crippen LogP contribution >= 0.6 is 0 Å². The number of amides is 1. The highest BCUT2D eigenvalue weighted by Gasteiger charge is 2.17. The number of benzene rings is 1. The fourth-order valence-electron chi connectivity index (χ4n) is 2.62. The molecule has 0 spiro atoms. The minimum Gasteiger partial charge on any atom is -0.381 e. The molecule has 2 rings (SSSR count). The lowest BCUT2D eigenvalue weighted by atomic mass is 10.0. The van der Waals surface area contributed by atoms with Crippen molar-refractivity contribution >= 4 is 21.4 Å². The van der Waals surface area contributed by atoms with Crippen molar-refractivity contribution in [3.8, 4) is 0 Å². The van der Waals surface area contributed by atoms with Gasteiger partial charge in [-0.15, -0.1) is 0 Å². The highest BCUT2D eigenvalue weighted by atomic mass is 32.2. The Bertz CT molecular complexity index is 634. The highest BCUT2D eigenvalue weighted by Crippen LogP contribution is 2.22. The van der Waals surface area contributed by atoms with Crippen LogP contribution in [0.1, 0.15) is 30.4 Å². The summed E-state index contributed by atoms with van der Waals surface area (Å²) in [5.41, 5.74) is 2.23. The molecule has 0 aliphatic carbocycles. The average molecular weight is 325 g/mol. The maximum atomic E-state index is 12.0. The lowest BCUT2D eigenvalue weighted by Crippen LogP contribution is -2.15. The van der Waals surface area contributed by atoms with Crippen molar-refractivity contribution in [1.82, 2.24) is 0 Å². The van der Waals surface area contributed by atoms with Crippen LogP contribution in [0, 0.1) is 12.8 Å². The highest BCUT2D eigenvalue weighted by molar-refractivity contribution is 7.89. The standard InChI is InChI=1S/C16H23NO4S/c1-12-14(11-22(2,19)20)4-3-5-15(12)17-16(18)7-6-13-8-9-21-10-13/h3-5,13H,6-11H2,1-2H3,(H,17,18). The van der Waals surface area contributed by atoms with Gasteiger partial charge in [0.15, 0.2) is 9.84 Å². The van der Waals surface area contributed by atoms with E-state index in [1.807, 2.05) is 6.92 Å². The lowest BCUT2D eigenvalue weighted by molar-refractivity contribution is -0.116. The van der Waals surface area contributed by atoms with E-state index in [2.05, 4.69) is 5.32 Å². The first-order valence-corrected chi connectivity index (χ1v) is 9.55. The topological polar surface area (TPSA) is 72.5 Å². The molecule has 0 aromatic heterocycles. The molecule has 1 aromatic carbocycles. The summed E-state index contributed by atoms with van der Waals surface area (Å²) in [6, 6.07) is 5.35. The Morgan fingerprint density at radius 1 is 1.41 bits per heavy atom. The first-order valence-electron chi connectivity index (χ1n) is 7.49. The molecule has 0 bridgehead atoms. The summed E-state index contributed by atoms with van der Waals surface area (Å²) >= 11 is 0. The summed E-state index contributed by atoms with van der Waals surface area (Å²) in [4.78, 5) is 12.0. The van der Waals surface area contributed by atoms with E-state index in [9.17, 15) is 13.2 Å². The fraction of sp³-hybridized carbons (Fsp3) is 0.562. The van der Waals surface area contributed by atoms with Crippen LogP contribution in [0.2, 0.25) is 0 Å². The molecule has 122 valence electrons. The summed E-state index contributed by atoms with van der Waals surface area (Å²) < 4.78 is 28.2. The molecular weight excluding hydrogens is 302 g/mol. The van der Waals surface area contributed by atoms with Crippen molar-refractivity contribution in [2.75, 3.05) is 24.8 Å². The smallest absolute Gasteiger partial charge is 0.224 e. The van der Waals surface area contributed by atoms with Gasteiger partial charge in [-0.3, -0.25) is 4.79 Å². The third kappa shape index (κ3) is 5.10. The fourth-order valence-corrected chi connectivity index (χ4v) is 3.49. The molecule has 1 fully saturated rings. The summed E-state index contributed by atoms with van der Waals surface area (Å²) in [6.07, 6.45) is 3.52. The van der Waals surface area contributed by atoms with Gasteiger partial charge in [0.05, 0.1) is 5.75 Å². The van der Waals surface area contributed by atoms with Crippen LogP contribution in [0.4, 0.5) is 5.69 Å². The number of anilines is 1. The Morgan fingerprint density at radius 2 is 2.18 bits per heavy atom. The number of carbonyl (C=O) groups excluding carboxylic acids is 1. The molecule has 0 radical (unpaired) electrons. The number of sulfone groups is 1. The third-order valence-electron chi connectivity index (χ3n) is 3.94.